The molecule has 0 unspecified atom stereocenters. The largest absolute Gasteiger partial charge is 0.495 e. The van der Waals surface area contributed by atoms with Crippen LogP contribution in [0.25, 0.3) is 0 Å². The van der Waals surface area contributed by atoms with Crippen LogP contribution in [0.4, 0.5) is 16.2 Å². The minimum absolute atomic E-state index is 0.205. The molecular weight excluding hydrogens is 294 g/mol. The Morgan fingerprint density at radius 3 is 2.74 bits per heavy atom. The first-order valence-electron chi connectivity index (χ1n) is 8.15. The Balaban J connectivity index is 2.01. The maximum Gasteiger partial charge on any atom is 0.319 e. The molecule has 2 rings (SSSR count). The third-order valence-corrected chi connectivity index (χ3v) is 3.81. The summed E-state index contributed by atoms with van der Waals surface area (Å²) in [7, 11) is 1.60. The lowest BCUT2D eigenvalue weighted by molar-refractivity contribution is 0.122. The van der Waals surface area contributed by atoms with Gasteiger partial charge in [0.2, 0.25) is 0 Å². The van der Waals surface area contributed by atoms with Crippen LogP contribution in [0.2, 0.25) is 0 Å². The second-order valence-electron chi connectivity index (χ2n) is 6.05. The van der Waals surface area contributed by atoms with Gasteiger partial charge < -0.3 is 25.0 Å². The number of morpholine rings is 1. The molecule has 2 amide bonds. The third-order valence-electron chi connectivity index (χ3n) is 3.81. The summed E-state index contributed by atoms with van der Waals surface area (Å²) >= 11 is 0. The van der Waals surface area contributed by atoms with Gasteiger partial charge in [-0.05, 0) is 30.5 Å². The topological polar surface area (TPSA) is 62.8 Å². The number of hydrogen-bond donors (Lipinski definition) is 2. The van der Waals surface area contributed by atoms with Crippen LogP contribution in [0.3, 0.4) is 0 Å². The number of benzene rings is 1. The number of amides is 2. The molecule has 0 saturated carbocycles. The summed E-state index contributed by atoms with van der Waals surface area (Å²) in [6.07, 6.45) is 0.957. The number of urea groups is 1. The summed E-state index contributed by atoms with van der Waals surface area (Å²) in [6, 6.07) is 5.63. The molecule has 128 valence electrons. The van der Waals surface area contributed by atoms with E-state index in [1.807, 2.05) is 18.2 Å². The molecule has 1 fully saturated rings. The van der Waals surface area contributed by atoms with E-state index in [9.17, 15) is 4.79 Å². The first-order valence-corrected chi connectivity index (χ1v) is 8.15. The van der Waals surface area contributed by atoms with Crippen molar-refractivity contribution >= 4 is 17.4 Å². The van der Waals surface area contributed by atoms with E-state index >= 15 is 0 Å². The predicted octanol–water partition coefficient (Wildman–Crippen LogP) is 2.70. The molecule has 6 heteroatoms. The van der Waals surface area contributed by atoms with Crippen LogP contribution in [0.15, 0.2) is 18.2 Å². The average Bonchev–Trinajstić information content (AvgIpc) is 2.55. The summed E-state index contributed by atoms with van der Waals surface area (Å²) in [6.45, 7) is 8.09. The van der Waals surface area contributed by atoms with E-state index in [-0.39, 0.29) is 6.03 Å². The van der Waals surface area contributed by atoms with Crippen LogP contribution in [0, 0.1) is 5.92 Å². The third kappa shape index (κ3) is 5.32. The molecule has 1 saturated heterocycles. The summed E-state index contributed by atoms with van der Waals surface area (Å²) < 4.78 is 10.7. The highest BCUT2D eigenvalue weighted by Crippen LogP contribution is 2.30. The van der Waals surface area contributed by atoms with Crippen molar-refractivity contribution in [3.63, 3.8) is 0 Å². The summed E-state index contributed by atoms with van der Waals surface area (Å²) in [4.78, 5) is 14.3. The number of rotatable bonds is 6. The van der Waals surface area contributed by atoms with Gasteiger partial charge in [0.05, 0.1) is 26.0 Å². The highest BCUT2D eigenvalue weighted by molar-refractivity contribution is 5.91. The first kappa shape index (κ1) is 17.4. The van der Waals surface area contributed by atoms with Crippen molar-refractivity contribution in [2.75, 3.05) is 50.2 Å². The highest BCUT2D eigenvalue weighted by Gasteiger charge is 2.14. The summed E-state index contributed by atoms with van der Waals surface area (Å²) in [5.41, 5.74) is 1.74. The van der Waals surface area contributed by atoms with Gasteiger partial charge in [0.1, 0.15) is 5.75 Å². The van der Waals surface area contributed by atoms with E-state index in [4.69, 9.17) is 9.47 Å². The molecule has 0 aliphatic carbocycles. The molecule has 1 aliphatic rings. The van der Waals surface area contributed by atoms with Crippen molar-refractivity contribution in [2.45, 2.75) is 20.3 Å². The maximum atomic E-state index is 12.0. The van der Waals surface area contributed by atoms with Crippen molar-refractivity contribution in [3.05, 3.63) is 18.2 Å². The minimum Gasteiger partial charge on any atom is -0.495 e. The Labute approximate surface area is 138 Å². The molecule has 1 aliphatic heterocycles. The van der Waals surface area contributed by atoms with Crippen LogP contribution in [0.1, 0.15) is 20.3 Å². The highest BCUT2D eigenvalue weighted by atomic mass is 16.5. The van der Waals surface area contributed by atoms with E-state index in [1.54, 1.807) is 7.11 Å². The number of ether oxygens (including phenoxy) is 2. The molecule has 6 nitrogen and oxygen atoms in total. The van der Waals surface area contributed by atoms with Crippen molar-refractivity contribution in [1.29, 1.82) is 0 Å². The Kier molecular flexibility index (Phi) is 6.52. The van der Waals surface area contributed by atoms with Crippen LogP contribution in [-0.4, -0.2) is 46.0 Å². The van der Waals surface area contributed by atoms with Gasteiger partial charge in [0.25, 0.3) is 0 Å². The number of hydrogen-bond acceptors (Lipinski definition) is 4. The maximum absolute atomic E-state index is 12.0. The molecule has 0 bridgehead atoms. The molecule has 0 atom stereocenters. The minimum atomic E-state index is -0.205. The molecule has 1 aromatic carbocycles. The molecule has 0 aromatic heterocycles. The normalized spacial score (nSPS) is 14.7. The molecule has 0 spiro atoms. The number of nitrogens with zero attached hydrogens (tertiary/aromatic N) is 1. The number of anilines is 2. The second kappa shape index (κ2) is 8.62. The second-order valence-corrected chi connectivity index (χ2v) is 6.05. The predicted molar refractivity (Wildman–Crippen MR) is 92.5 cm³/mol. The zero-order chi connectivity index (χ0) is 16.7. The van der Waals surface area contributed by atoms with E-state index in [0.29, 0.717) is 23.9 Å². The SMILES string of the molecule is COc1ccc(N2CCOCC2)cc1NC(=O)NCCC(C)C. The average molecular weight is 321 g/mol. The Morgan fingerprint density at radius 1 is 1.35 bits per heavy atom. The van der Waals surface area contributed by atoms with E-state index in [1.165, 1.54) is 0 Å². The fraction of sp³-hybridized carbons (Fsp3) is 0.588. The van der Waals surface area contributed by atoms with Gasteiger partial charge in [-0.15, -0.1) is 0 Å². The lowest BCUT2D eigenvalue weighted by atomic mass is 10.1. The molecule has 1 heterocycles. The van der Waals surface area contributed by atoms with Crippen molar-refractivity contribution < 1.29 is 14.3 Å². The van der Waals surface area contributed by atoms with E-state index in [0.717, 1.165) is 38.4 Å². The molecule has 23 heavy (non-hydrogen) atoms. The fourth-order valence-electron chi connectivity index (χ4n) is 2.45. The first-order chi connectivity index (χ1) is 11.1. The summed E-state index contributed by atoms with van der Waals surface area (Å²) in [5.74, 6) is 1.22. The van der Waals surface area contributed by atoms with Crippen molar-refractivity contribution in [2.24, 2.45) is 5.92 Å². The molecule has 2 N–H and O–H groups in total. The van der Waals surface area contributed by atoms with Gasteiger partial charge in [-0.2, -0.15) is 0 Å². The van der Waals surface area contributed by atoms with E-state index in [2.05, 4.69) is 29.4 Å². The van der Waals surface area contributed by atoms with Crippen LogP contribution in [-0.2, 0) is 4.74 Å². The van der Waals surface area contributed by atoms with Gasteiger partial charge in [0.15, 0.2) is 0 Å². The number of methoxy groups -OCH3 is 1. The lowest BCUT2D eigenvalue weighted by Gasteiger charge is -2.29. The van der Waals surface area contributed by atoms with Crippen LogP contribution in [0.5, 0.6) is 5.75 Å². The van der Waals surface area contributed by atoms with Crippen molar-refractivity contribution in [1.82, 2.24) is 5.32 Å². The Bertz CT molecular complexity index is 514. The van der Waals surface area contributed by atoms with Gasteiger partial charge in [-0.1, -0.05) is 13.8 Å². The quantitative estimate of drug-likeness (QED) is 0.845. The monoisotopic (exact) mass is 321 g/mol. The Morgan fingerprint density at radius 2 is 2.09 bits per heavy atom. The molecule has 1 aromatic rings. The fourth-order valence-corrected chi connectivity index (χ4v) is 2.45. The zero-order valence-corrected chi connectivity index (χ0v) is 14.2. The Hall–Kier alpha value is -1.95. The van der Waals surface area contributed by atoms with Crippen LogP contribution >= 0.6 is 0 Å². The zero-order valence-electron chi connectivity index (χ0n) is 14.2. The number of carbonyl (C=O) groups is 1. The van der Waals surface area contributed by atoms with Gasteiger partial charge in [0, 0.05) is 25.3 Å². The standard InChI is InChI=1S/C17H27N3O3/c1-13(2)6-7-18-17(21)19-15-12-14(4-5-16(15)22-3)20-8-10-23-11-9-20/h4-5,12-13H,6-11H2,1-3H3,(H2,18,19,21). The smallest absolute Gasteiger partial charge is 0.319 e. The van der Waals surface area contributed by atoms with Crippen molar-refractivity contribution in [3.8, 4) is 5.75 Å². The van der Waals surface area contributed by atoms with E-state index < -0.39 is 0 Å². The molecule has 0 radical (unpaired) electrons. The number of nitrogens with one attached hydrogen (secondary N) is 2. The number of carbonyl (C=O) groups excluding carboxylic acids is 1. The summed E-state index contributed by atoms with van der Waals surface area (Å²) in [5, 5.41) is 5.76. The van der Waals surface area contributed by atoms with Gasteiger partial charge >= 0.3 is 6.03 Å². The van der Waals surface area contributed by atoms with Crippen LogP contribution < -0.4 is 20.3 Å². The lowest BCUT2D eigenvalue weighted by Crippen LogP contribution is -2.36. The van der Waals surface area contributed by atoms with Gasteiger partial charge in [-0.3, -0.25) is 0 Å². The molecular formula is C17H27N3O3. The van der Waals surface area contributed by atoms with Gasteiger partial charge in [-0.25, -0.2) is 4.79 Å².